The monoisotopic (exact) mass is 410 g/mol. The fourth-order valence-corrected chi connectivity index (χ4v) is 4.57. The lowest BCUT2D eigenvalue weighted by Gasteiger charge is -2.13. The number of carbonyl (C=O) groups excluding carboxylic acids is 2. The van der Waals surface area contributed by atoms with Gasteiger partial charge in [0.15, 0.2) is 0 Å². The Morgan fingerprint density at radius 1 is 1.00 bits per heavy atom. The number of rotatable bonds is 3. The van der Waals surface area contributed by atoms with E-state index in [4.69, 9.17) is 4.42 Å². The first-order chi connectivity index (χ1) is 12.6. The van der Waals surface area contributed by atoms with E-state index in [-0.39, 0.29) is 35.5 Å². The van der Waals surface area contributed by atoms with Crippen molar-refractivity contribution in [2.75, 3.05) is 0 Å². The molecular weight excluding hydrogens is 396 g/mol. The van der Waals surface area contributed by atoms with Gasteiger partial charge in [0.05, 0.1) is 18.1 Å². The van der Waals surface area contributed by atoms with Crippen LogP contribution >= 0.6 is 15.9 Å². The average Bonchev–Trinajstić information content (AvgIpc) is 3.40. The number of fused-ring (bicyclic) bond motifs is 5. The summed E-state index contributed by atoms with van der Waals surface area (Å²) in [5, 5.41) is 5.17. The lowest BCUT2D eigenvalue weighted by Crippen LogP contribution is -2.28. The first-order valence-corrected chi connectivity index (χ1v) is 9.37. The highest BCUT2D eigenvalue weighted by molar-refractivity contribution is 9.10. The van der Waals surface area contributed by atoms with E-state index in [1.165, 1.54) is 6.21 Å². The summed E-state index contributed by atoms with van der Waals surface area (Å²) >= 11 is 3.40. The van der Waals surface area contributed by atoms with E-state index in [1.54, 1.807) is 6.07 Å². The number of hydrogen-bond acceptors (Lipinski definition) is 4. The largest absolute Gasteiger partial charge is 0.455 e. The van der Waals surface area contributed by atoms with Gasteiger partial charge in [0, 0.05) is 10.0 Å². The first kappa shape index (κ1) is 15.8. The van der Waals surface area contributed by atoms with Crippen LogP contribution in [0.3, 0.4) is 0 Å². The quantitative estimate of drug-likeness (QED) is 0.438. The Labute approximate surface area is 158 Å². The number of benzene rings is 1. The van der Waals surface area contributed by atoms with Crippen molar-refractivity contribution >= 4 is 34.0 Å². The maximum Gasteiger partial charge on any atom is 0.254 e. The first-order valence-electron chi connectivity index (χ1n) is 8.58. The zero-order valence-electron chi connectivity index (χ0n) is 13.7. The zero-order valence-corrected chi connectivity index (χ0v) is 15.3. The summed E-state index contributed by atoms with van der Waals surface area (Å²) < 4.78 is 6.76. The second kappa shape index (κ2) is 5.77. The molecule has 2 heterocycles. The zero-order chi connectivity index (χ0) is 17.8. The van der Waals surface area contributed by atoms with Gasteiger partial charge in [-0.05, 0) is 42.5 Å². The van der Waals surface area contributed by atoms with Gasteiger partial charge in [-0.2, -0.15) is 10.1 Å². The van der Waals surface area contributed by atoms with Crippen molar-refractivity contribution < 1.29 is 14.0 Å². The summed E-state index contributed by atoms with van der Waals surface area (Å²) in [7, 11) is 0. The number of carbonyl (C=O) groups is 2. The minimum atomic E-state index is -0.232. The van der Waals surface area contributed by atoms with E-state index in [2.05, 4.69) is 33.2 Å². The maximum atomic E-state index is 12.6. The summed E-state index contributed by atoms with van der Waals surface area (Å²) in [4.78, 5) is 25.2. The number of allylic oxidation sites excluding steroid dienone is 2. The standard InChI is InChI=1S/C20H15BrN2O3/c21-14-5-3-11(4-6-14)16-8-7-15(26-16)10-22-23-19(24)17-12-1-2-13(9-12)18(17)20(23)25/h1-8,10,12-13,17-18H,9H2/b22-10-/t12-,13-,17-,18-/m0/s1. The van der Waals surface area contributed by atoms with Gasteiger partial charge in [-0.3, -0.25) is 9.59 Å². The molecule has 4 atom stereocenters. The molecule has 1 saturated carbocycles. The van der Waals surface area contributed by atoms with Crippen molar-refractivity contribution in [3.63, 3.8) is 0 Å². The molecule has 26 heavy (non-hydrogen) atoms. The molecule has 5 nitrogen and oxygen atoms in total. The maximum absolute atomic E-state index is 12.6. The van der Waals surface area contributed by atoms with Gasteiger partial charge in [-0.25, -0.2) is 0 Å². The SMILES string of the molecule is O=C1[C@@H]2[C@@H](C(=O)N1/N=C\c1ccc(-c3ccc(Br)cc3)o1)[C@H]1C=C[C@H]2C1. The van der Waals surface area contributed by atoms with E-state index in [9.17, 15) is 9.59 Å². The van der Waals surface area contributed by atoms with Crippen molar-refractivity contribution in [3.8, 4) is 11.3 Å². The van der Waals surface area contributed by atoms with Gasteiger partial charge in [-0.1, -0.05) is 40.2 Å². The van der Waals surface area contributed by atoms with Crippen molar-refractivity contribution in [2.24, 2.45) is 28.8 Å². The molecule has 5 rings (SSSR count). The van der Waals surface area contributed by atoms with Crippen molar-refractivity contribution in [3.05, 3.63) is 58.8 Å². The highest BCUT2D eigenvalue weighted by Gasteiger charge is 2.59. The Morgan fingerprint density at radius 3 is 2.31 bits per heavy atom. The minimum absolute atomic E-state index is 0.187. The normalized spacial score (nSPS) is 29.3. The van der Waals surface area contributed by atoms with Crippen LogP contribution in [0.2, 0.25) is 0 Å². The van der Waals surface area contributed by atoms with Crippen LogP contribution in [0.5, 0.6) is 0 Å². The Kier molecular flexibility index (Phi) is 3.50. The molecule has 1 saturated heterocycles. The van der Waals surface area contributed by atoms with Crippen molar-refractivity contribution in [1.29, 1.82) is 0 Å². The molecule has 1 aromatic carbocycles. The molecule has 0 radical (unpaired) electrons. The lowest BCUT2D eigenvalue weighted by atomic mass is 9.85. The Balaban J connectivity index is 1.36. The summed E-state index contributed by atoms with van der Waals surface area (Å²) in [5.41, 5.74) is 0.943. The lowest BCUT2D eigenvalue weighted by molar-refractivity contribution is -0.140. The molecule has 3 aliphatic rings. The minimum Gasteiger partial charge on any atom is -0.455 e. The van der Waals surface area contributed by atoms with Crippen LogP contribution in [0.1, 0.15) is 12.2 Å². The third kappa shape index (κ3) is 2.32. The van der Waals surface area contributed by atoms with Gasteiger partial charge in [-0.15, -0.1) is 0 Å². The fourth-order valence-electron chi connectivity index (χ4n) is 4.31. The van der Waals surface area contributed by atoms with Gasteiger partial charge in [0.2, 0.25) is 0 Å². The molecule has 2 amide bonds. The predicted octanol–water partition coefficient (Wildman–Crippen LogP) is 3.85. The molecule has 130 valence electrons. The molecule has 1 aromatic heterocycles. The second-order valence-corrected chi connectivity index (χ2v) is 7.86. The van der Waals surface area contributed by atoms with Crippen molar-refractivity contribution in [1.82, 2.24) is 5.01 Å². The van der Waals surface area contributed by atoms with E-state index < -0.39 is 0 Å². The number of furan rings is 1. The van der Waals surface area contributed by atoms with Crippen molar-refractivity contribution in [2.45, 2.75) is 6.42 Å². The number of hydrazone groups is 1. The predicted molar refractivity (Wildman–Crippen MR) is 99.0 cm³/mol. The van der Waals surface area contributed by atoms with E-state index in [0.29, 0.717) is 11.5 Å². The number of imide groups is 1. The molecule has 6 heteroatoms. The fraction of sp³-hybridized carbons (Fsp3) is 0.250. The van der Waals surface area contributed by atoms with E-state index >= 15 is 0 Å². The molecule has 2 fully saturated rings. The average molecular weight is 411 g/mol. The Hall–Kier alpha value is -2.47. The van der Waals surface area contributed by atoms with Crippen LogP contribution < -0.4 is 0 Å². The number of halogens is 1. The van der Waals surface area contributed by atoms with E-state index in [1.807, 2.05) is 30.3 Å². The molecule has 1 aliphatic heterocycles. The molecule has 2 bridgehead atoms. The Morgan fingerprint density at radius 2 is 1.65 bits per heavy atom. The molecule has 2 aromatic rings. The molecule has 2 aliphatic carbocycles. The third-order valence-corrected chi connectivity index (χ3v) is 6.03. The molecule has 0 unspecified atom stereocenters. The van der Waals surface area contributed by atoms with Gasteiger partial charge in [0.1, 0.15) is 11.5 Å². The third-order valence-electron chi connectivity index (χ3n) is 5.50. The highest BCUT2D eigenvalue weighted by Crippen LogP contribution is 2.52. The van der Waals surface area contributed by atoms with Crippen LogP contribution in [-0.2, 0) is 9.59 Å². The van der Waals surface area contributed by atoms with Gasteiger partial charge in [0.25, 0.3) is 11.8 Å². The van der Waals surface area contributed by atoms with Crippen LogP contribution in [0, 0.1) is 23.7 Å². The number of nitrogens with zero attached hydrogens (tertiary/aromatic N) is 2. The molecular formula is C20H15BrN2O3. The Bertz CT molecular complexity index is 930. The second-order valence-electron chi connectivity index (χ2n) is 6.94. The van der Waals surface area contributed by atoms with Crippen LogP contribution in [0.25, 0.3) is 11.3 Å². The molecule has 0 N–H and O–H groups in total. The van der Waals surface area contributed by atoms with Crippen LogP contribution in [0.4, 0.5) is 0 Å². The topological polar surface area (TPSA) is 62.9 Å². The summed E-state index contributed by atoms with van der Waals surface area (Å²) in [5.74, 6) is 0.747. The van der Waals surface area contributed by atoms with Crippen LogP contribution in [-0.4, -0.2) is 23.0 Å². The van der Waals surface area contributed by atoms with E-state index in [0.717, 1.165) is 21.5 Å². The van der Waals surface area contributed by atoms with Gasteiger partial charge < -0.3 is 4.42 Å². The smallest absolute Gasteiger partial charge is 0.254 e. The number of hydrogen-bond donors (Lipinski definition) is 0. The van der Waals surface area contributed by atoms with Gasteiger partial charge >= 0.3 is 0 Å². The van der Waals surface area contributed by atoms with Crippen LogP contribution in [0.15, 0.2) is 62.5 Å². The highest BCUT2D eigenvalue weighted by atomic mass is 79.9. The molecule has 0 spiro atoms. The summed E-state index contributed by atoms with van der Waals surface area (Å²) in [6, 6.07) is 11.4. The number of amides is 2. The summed E-state index contributed by atoms with van der Waals surface area (Å²) in [6.45, 7) is 0. The summed E-state index contributed by atoms with van der Waals surface area (Å²) in [6.07, 6.45) is 6.50.